The average molecular weight is 520 g/mol. The lowest BCUT2D eigenvalue weighted by atomic mass is 10.1. The Kier molecular flexibility index (Phi) is 13.9. The number of rotatable bonds is 15. The molecule has 0 spiro atoms. The van der Waals surface area contributed by atoms with E-state index < -0.39 is 17.9 Å². The SMILES string of the molecule is CCCCCCCCCCCCOC(=O)CC1C(=O)NCCN1C(=S)NC(=O)c1ccc(OC)cc1. The first-order chi connectivity index (χ1) is 17.5. The van der Waals surface area contributed by atoms with Crippen molar-refractivity contribution in [3.63, 3.8) is 0 Å². The van der Waals surface area contributed by atoms with Gasteiger partial charge in [-0.05, 0) is 42.9 Å². The third kappa shape index (κ3) is 10.5. The van der Waals surface area contributed by atoms with Crippen LogP contribution in [0.2, 0.25) is 0 Å². The number of nitrogens with zero attached hydrogens (tertiary/aromatic N) is 1. The van der Waals surface area contributed by atoms with Crippen LogP contribution in [0.25, 0.3) is 0 Å². The quantitative estimate of drug-likeness (QED) is 0.202. The zero-order valence-corrected chi connectivity index (χ0v) is 22.5. The molecule has 0 radical (unpaired) electrons. The molecule has 1 aliphatic rings. The van der Waals surface area contributed by atoms with Crippen LogP contribution in [-0.4, -0.2) is 60.6 Å². The molecule has 1 aromatic carbocycles. The Hall–Kier alpha value is -2.68. The molecule has 1 aromatic rings. The number of methoxy groups -OCH3 is 1. The van der Waals surface area contributed by atoms with Gasteiger partial charge >= 0.3 is 5.97 Å². The number of carbonyl (C=O) groups excluding carboxylic acids is 3. The molecule has 1 fully saturated rings. The predicted octanol–water partition coefficient (Wildman–Crippen LogP) is 4.36. The Bertz CT molecular complexity index is 846. The second-order valence-corrected chi connectivity index (χ2v) is 9.48. The zero-order chi connectivity index (χ0) is 26.2. The number of piperazine rings is 1. The number of hydrogen-bond donors (Lipinski definition) is 2. The topological polar surface area (TPSA) is 97.0 Å². The van der Waals surface area contributed by atoms with Gasteiger partial charge in [-0.15, -0.1) is 0 Å². The van der Waals surface area contributed by atoms with Crippen LogP contribution < -0.4 is 15.4 Å². The van der Waals surface area contributed by atoms with Crippen LogP contribution in [0, 0.1) is 0 Å². The lowest BCUT2D eigenvalue weighted by Gasteiger charge is -2.36. The number of hydrogen-bond acceptors (Lipinski definition) is 6. The van der Waals surface area contributed by atoms with Gasteiger partial charge < -0.3 is 19.7 Å². The highest BCUT2D eigenvalue weighted by atomic mass is 32.1. The minimum atomic E-state index is -0.817. The fourth-order valence-electron chi connectivity index (χ4n) is 4.14. The van der Waals surface area contributed by atoms with Crippen molar-refractivity contribution < 1.29 is 23.9 Å². The van der Waals surface area contributed by atoms with E-state index >= 15 is 0 Å². The third-order valence-corrected chi connectivity index (χ3v) is 6.62. The Morgan fingerprint density at radius 2 is 1.64 bits per heavy atom. The van der Waals surface area contributed by atoms with Crippen LogP contribution >= 0.6 is 12.2 Å². The maximum absolute atomic E-state index is 12.6. The molecule has 8 nitrogen and oxygen atoms in total. The molecule has 1 unspecified atom stereocenters. The van der Waals surface area contributed by atoms with E-state index in [-0.39, 0.29) is 17.4 Å². The van der Waals surface area contributed by atoms with Crippen LogP contribution in [-0.2, 0) is 14.3 Å². The normalized spacial score (nSPS) is 15.2. The van der Waals surface area contributed by atoms with Gasteiger partial charge in [-0.3, -0.25) is 19.7 Å². The summed E-state index contributed by atoms with van der Waals surface area (Å²) in [6, 6.07) is 5.80. The van der Waals surface area contributed by atoms with Crippen molar-refractivity contribution in [1.29, 1.82) is 0 Å². The predicted molar refractivity (Wildman–Crippen MR) is 144 cm³/mol. The van der Waals surface area contributed by atoms with Gasteiger partial charge in [0, 0.05) is 18.7 Å². The Balaban J connectivity index is 1.71. The zero-order valence-electron chi connectivity index (χ0n) is 21.7. The van der Waals surface area contributed by atoms with Gasteiger partial charge in [0.15, 0.2) is 5.11 Å². The lowest BCUT2D eigenvalue weighted by molar-refractivity contribution is -0.147. The lowest BCUT2D eigenvalue weighted by Crippen LogP contribution is -2.60. The van der Waals surface area contributed by atoms with E-state index in [9.17, 15) is 14.4 Å². The molecule has 200 valence electrons. The summed E-state index contributed by atoms with van der Waals surface area (Å²) < 4.78 is 10.5. The van der Waals surface area contributed by atoms with Crippen LogP contribution in [0.4, 0.5) is 0 Å². The molecule has 2 amide bonds. The maximum Gasteiger partial charge on any atom is 0.308 e. The van der Waals surface area contributed by atoms with E-state index in [1.807, 2.05) is 0 Å². The molecule has 1 heterocycles. The minimum Gasteiger partial charge on any atom is -0.497 e. The summed E-state index contributed by atoms with van der Waals surface area (Å²) in [5.41, 5.74) is 0.409. The molecule has 1 saturated heterocycles. The minimum absolute atomic E-state index is 0.109. The van der Waals surface area contributed by atoms with E-state index in [1.54, 1.807) is 36.3 Å². The Labute approximate surface area is 220 Å². The largest absolute Gasteiger partial charge is 0.497 e. The molecule has 0 aliphatic carbocycles. The van der Waals surface area contributed by atoms with Gasteiger partial charge in [-0.1, -0.05) is 64.7 Å². The highest BCUT2D eigenvalue weighted by molar-refractivity contribution is 7.80. The van der Waals surface area contributed by atoms with Crippen molar-refractivity contribution >= 4 is 35.1 Å². The molecule has 0 bridgehead atoms. The number of carbonyl (C=O) groups is 3. The van der Waals surface area contributed by atoms with E-state index in [0.29, 0.717) is 31.0 Å². The first-order valence-electron chi connectivity index (χ1n) is 13.2. The van der Waals surface area contributed by atoms with Gasteiger partial charge in [0.2, 0.25) is 5.91 Å². The highest BCUT2D eigenvalue weighted by Gasteiger charge is 2.34. The van der Waals surface area contributed by atoms with Crippen LogP contribution in [0.1, 0.15) is 87.9 Å². The summed E-state index contributed by atoms with van der Waals surface area (Å²) in [7, 11) is 1.55. The first-order valence-corrected chi connectivity index (χ1v) is 13.6. The fourth-order valence-corrected chi connectivity index (χ4v) is 4.45. The van der Waals surface area contributed by atoms with Gasteiger partial charge in [0.05, 0.1) is 20.1 Å². The molecule has 0 saturated carbocycles. The van der Waals surface area contributed by atoms with Crippen molar-refractivity contribution in [2.75, 3.05) is 26.8 Å². The molecule has 1 aliphatic heterocycles. The number of esters is 1. The molecule has 2 N–H and O–H groups in total. The number of amides is 2. The van der Waals surface area contributed by atoms with Crippen molar-refractivity contribution in [2.24, 2.45) is 0 Å². The van der Waals surface area contributed by atoms with Crippen molar-refractivity contribution in [3.05, 3.63) is 29.8 Å². The van der Waals surface area contributed by atoms with Crippen LogP contribution in [0.15, 0.2) is 24.3 Å². The van der Waals surface area contributed by atoms with Crippen molar-refractivity contribution in [2.45, 2.75) is 83.6 Å². The third-order valence-electron chi connectivity index (χ3n) is 6.29. The van der Waals surface area contributed by atoms with E-state index in [4.69, 9.17) is 21.7 Å². The van der Waals surface area contributed by atoms with Gasteiger partial charge in [0.25, 0.3) is 5.91 Å². The average Bonchev–Trinajstić information content (AvgIpc) is 2.88. The van der Waals surface area contributed by atoms with E-state index in [2.05, 4.69) is 17.6 Å². The van der Waals surface area contributed by atoms with Gasteiger partial charge in [-0.2, -0.15) is 0 Å². The maximum atomic E-state index is 12.6. The Morgan fingerprint density at radius 1 is 1.03 bits per heavy atom. The number of ether oxygens (including phenoxy) is 2. The van der Waals surface area contributed by atoms with Gasteiger partial charge in [-0.25, -0.2) is 0 Å². The standard InChI is InChI=1S/C27H41N3O5S/c1-3-4-5-6-7-8-9-10-11-12-19-35-24(31)20-23-26(33)28-17-18-30(23)27(36)29-25(32)21-13-15-22(34-2)16-14-21/h13-16,23H,3-12,17-20H2,1-2H3,(H,28,33)(H,29,32,36). The smallest absolute Gasteiger partial charge is 0.308 e. The summed E-state index contributed by atoms with van der Waals surface area (Å²) in [6.45, 7) is 3.35. The molecule has 36 heavy (non-hydrogen) atoms. The van der Waals surface area contributed by atoms with Crippen LogP contribution in [0.5, 0.6) is 5.75 Å². The van der Waals surface area contributed by atoms with Crippen molar-refractivity contribution in [3.8, 4) is 5.75 Å². The number of unbranched alkanes of at least 4 members (excludes halogenated alkanes) is 9. The molecular formula is C27H41N3O5S. The monoisotopic (exact) mass is 519 g/mol. The highest BCUT2D eigenvalue weighted by Crippen LogP contribution is 2.14. The number of nitrogens with one attached hydrogen (secondary N) is 2. The molecule has 9 heteroatoms. The molecule has 1 atom stereocenters. The van der Waals surface area contributed by atoms with E-state index in [1.165, 1.54) is 44.9 Å². The summed E-state index contributed by atoms with van der Waals surface area (Å²) >= 11 is 5.41. The summed E-state index contributed by atoms with van der Waals surface area (Å²) in [5, 5.41) is 5.53. The first kappa shape index (κ1) is 29.5. The van der Waals surface area contributed by atoms with Gasteiger partial charge in [0.1, 0.15) is 11.8 Å². The number of thiocarbonyl (C=S) groups is 1. The van der Waals surface area contributed by atoms with Crippen molar-refractivity contribution in [1.82, 2.24) is 15.5 Å². The summed E-state index contributed by atoms with van der Waals surface area (Å²) in [5.74, 6) is -0.505. The summed E-state index contributed by atoms with van der Waals surface area (Å²) in [4.78, 5) is 39.1. The molecular weight excluding hydrogens is 478 g/mol. The summed E-state index contributed by atoms with van der Waals surface area (Å²) in [6.07, 6.45) is 11.9. The molecule has 0 aromatic heterocycles. The van der Waals surface area contributed by atoms with E-state index in [0.717, 1.165) is 19.3 Å². The fraction of sp³-hybridized carbons (Fsp3) is 0.630. The Morgan fingerprint density at radius 3 is 2.25 bits per heavy atom. The van der Waals surface area contributed by atoms with Crippen LogP contribution in [0.3, 0.4) is 0 Å². The second kappa shape index (κ2) is 16.9. The number of benzene rings is 1. The molecule has 2 rings (SSSR count). The second-order valence-electron chi connectivity index (χ2n) is 9.09.